The van der Waals surface area contributed by atoms with Gasteiger partial charge in [-0.25, -0.2) is 13.4 Å². The minimum atomic E-state index is -3.82. The van der Waals surface area contributed by atoms with Crippen molar-refractivity contribution in [3.63, 3.8) is 0 Å². The van der Waals surface area contributed by atoms with E-state index in [0.717, 1.165) is 38.6 Å². The molecule has 1 aromatic rings. The summed E-state index contributed by atoms with van der Waals surface area (Å²) in [4.78, 5) is 52.7. The lowest BCUT2D eigenvalue weighted by atomic mass is 10.2. The highest BCUT2D eigenvalue weighted by Gasteiger charge is 2.21. The van der Waals surface area contributed by atoms with E-state index in [-0.39, 0.29) is 30.1 Å². The van der Waals surface area contributed by atoms with Gasteiger partial charge in [-0.1, -0.05) is 13.3 Å². The van der Waals surface area contributed by atoms with E-state index in [1.54, 1.807) is 13.0 Å². The van der Waals surface area contributed by atoms with Crippen molar-refractivity contribution in [3.8, 4) is 6.07 Å². The Hall–Kier alpha value is -3.57. The van der Waals surface area contributed by atoms with E-state index in [0.29, 0.717) is 6.54 Å². The Morgan fingerprint density at radius 1 is 0.947 bits per heavy atom. The zero-order valence-electron chi connectivity index (χ0n) is 22.2. The molecule has 0 aliphatic carbocycles. The molecule has 1 aromatic heterocycles. The van der Waals surface area contributed by atoms with Gasteiger partial charge in [-0.15, -0.1) is 0 Å². The molecule has 4 amide bonds. The lowest BCUT2D eigenvalue weighted by molar-refractivity contribution is -0.131. The number of nitrogens with zero attached hydrogens (tertiary/aromatic N) is 2. The quantitative estimate of drug-likeness (QED) is 0.166. The Kier molecular flexibility index (Phi) is 13.9. The number of aromatic nitrogens is 1. The third-order valence-corrected chi connectivity index (χ3v) is 6.28. The van der Waals surface area contributed by atoms with Crippen molar-refractivity contribution in [2.45, 2.75) is 63.6 Å². The number of hydrogen-bond donors (Lipinski definition) is 5. The minimum absolute atomic E-state index is 0.110. The predicted octanol–water partition coefficient (Wildman–Crippen LogP) is -0.618. The molecule has 0 aliphatic heterocycles. The molecule has 0 unspecified atom stereocenters. The smallest absolute Gasteiger partial charge is 0.269 e. The van der Waals surface area contributed by atoms with Gasteiger partial charge >= 0.3 is 0 Å². The highest BCUT2D eigenvalue weighted by atomic mass is 32.2. The zero-order chi connectivity index (χ0) is 28.7. The van der Waals surface area contributed by atoms with Crippen molar-refractivity contribution in [1.29, 1.82) is 5.26 Å². The van der Waals surface area contributed by atoms with Gasteiger partial charge in [0.25, 0.3) is 5.91 Å². The number of pyridine rings is 1. The second-order valence-electron chi connectivity index (χ2n) is 8.71. The Morgan fingerprint density at radius 2 is 1.61 bits per heavy atom. The highest BCUT2D eigenvalue weighted by molar-refractivity contribution is 7.90. The van der Waals surface area contributed by atoms with Crippen LogP contribution in [0.5, 0.6) is 0 Å². The van der Waals surface area contributed by atoms with Crippen molar-refractivity contribution in [2.75, 3.05) is 32.4 Å². The summed E-state index contributed by atoms with van der Waals surface area (Å²) in [6.45, 7) is 7.21. The van der Waals surface area contributed by atoms with Crippen molar-refractivity contribution in [1.82, 2.24) is 31.6 Å². The maximum atomic E-state index is 12.3. The third-order valence-electron chi connectivity index (χ3n) is 5.26. The van der Waals surface area contributed by atoms with Crippen molar-refractivity contribution in [2.24, 2.45) is 0 Å². The number of nitrogens with one attached hydrogen (secondary N) is 5. The second-order valence-corrected chi connectivity index (χ2v) is 10.6. The van der Waals surface area contributed by atoms with Gasteiger partial charge in [0.2, 0.25) is 17.7 Å². The molecule has 1 rings (SSSR count). The second kappa shape index (κ2) is 16.3. The average Bonchev–Trinajstić information content (AvgIpc) is 2.86. The van der Waals surface area contributed by atoms with E-state index in [1.807, 2.05) is 0 Å². The molecule has 0 radical (unpaired) electrons. The lowest BCUT2D eigenvalue weighted by Gasteiger charge is -2.18. The van der Waals surface area contributed by atoms with E-state index in [9.17, 15) is 27.6 Å². The Morgan fingerprint density at radius 3 is 2.24 bits per heavy atom. The van der Waals surface area contributed by atoms with Gasteiger partial charge in [-0.3, -0.25) is 19.2 Å². The van der Waals surface area contributed by atoms with Gasteiger partial charge in [0, 0.05) is 25.8 Å². The van der Waals surface area contributed by atoms with Crippen LogP contribution in [-0.2, 0) is 24.2 Å². The van der Waals surface area contributed by atoms with Gasteiger partial charge < -0.3 is 26.6 Å². The number of carbonyl (C=O) groups is 4. The molecule has 14 heteroatoms. The molecule has 38 heavy (non-hydrogen) atoms. The van der Waals surface area contributed by atoms with Gasteiger partial charge in [0.1, 0.15) is 23.8 Å². The summed E-state index contributed by atoms with van der Waals surface area (Å²) in [7, 11) is -3.82. The fourth-order valence-corrected chi connectivity index (χ4v) is 3.88. The zero-order valence-corrected chi connectivity index (χ0v) is 23.0. The van der Waals surface area contributed by atoms with E-state index in [1.165, 1.54) is 19.1 Å². The van der Waals surface area contributed by atoms with Crippen molar-refractivity contribution in [3.05, 3.63) is 23.4 Å². The summed E-state index contributed by atoms with van der Waals surface area (Å²) in [5, 5.41) is 22.0. The average molecular weight is 552 g/mol. The van der Waals surface area contributed by atoms with Crippen LogP contribution in [0, 0.1) is 11.3 Å². The van der Waals surface area contributed by atoms with Crippen LogP contribution in [0.4, 0.5) is 0 Å². The van der Waals surface area contributed by atoms with Crippen LogP contribution in [0.2, 0.25) is 0 Å². The first-order chi connectivity index (χ1) is 17.9. The molecule has 0 aromatic carbocycles. The summed E-state index contributed by atoms with van der Waals surface area (Å²) in [5.74, 6) is -2.12. The number of carbonyl (C=O) groups excluding carboxylic acids is 4. The van der Waals surface area contributed by atoms with Crippen LogP contribution in [-0.4, -0.2) is 81.5 Å². The summed E-state index contributed by atoms with van der Waals surface area (Å²) in [6.07, 6.45) is 3.69. The Bertz CT molecular complexity index is 1130. The highest BCUT2D eigenvalue weighted by Crippen LogP contribution is 2.13. The van der Waals surface area contributed by atoms with E-state index in [2.05, 4.69) is 38.5 Å². The van der Waals surface area contributed by atoms with E-state index in [4.69, 9.17) is 5.26 Å². The molecule has 0 fully saturated rings. The molecular weight excluding hydrogens is 514 g/mol. The number of nitriles is 1. The summed E-state index contributed by atoms with van der Waals surface area (Å²) >= 11 is 0. The molecular formula is C24H37N7O6S. The van der Waals surface area contributed by atoms with E-state index < -0.39 is 44.7 Å². The summed E-state index contributed by atoms with van der Waals surface area (Å²) in [6, 6.07) is 2.38. The molecule has 0 saturated carbocycles. The largest absolute Gasteiger partial charge is 0.354 e. The molecule has 0 bridgehead atoms. The summed E-state index contributed by atoms with van der Waals surface area (Å²) in [5.41, 5.74) is -0.407. The molecule has 0 saturated heterocycles. The number of hydrogen-bond acceptors (Lipinski definition) is 9. The molecule has 5 N–H and O–H groups in total. The Balaban J connectivity index is 2.41. The van der Waals surface area contributed by atoms with Gasteiger partial charge in [-0.05, 0) is 51.9 Å². The normalized spacial score (nSPS) is 12.5. The Labute approximate surface area is 223 Å². The standard InChI is InChI=1S/C24H37N7O6S/c1-5-6-11-26-12-7-13-27-21(33)16(2)30-22(34)17(3)29-20(32)10-14-28-23(35)19-9-8-18(15-25)24(31-19)38(4,36)37/h8-9,16-17,26H,5-7,10-14H2,1-4H3,(H,27,33)(H,28,35)(H,29,32)(H,30,34)/t16-,17-/m0/s1. The molecule has 0 aliphatic rings. The maximum absolute atomic E-state index is 12.3. The fourth-order valence-electron chi connectivity index (χ4n) is 3.10. The van der Waals surface area contributed by atoms with Crippen LogP contribution in [0.3, 0.4) is 0 Å². The maximum Gasteiger partial charge on any atom is 0.269 e. The third kappa shape index (κ3) is 11.7. The first-order valence-corrected chi connectivity index (χ1v) is 14.3. The number of amides is 4. The minimum Gasteiger partial charge on any atom is -0.354 e. The van der Waals surface area contributed by atoms with Crippen LogP contribution in [0.1, 0.15) is 62.5 Å². The molecule has 210 valence electrons. The van der Waals surface area contributed by atoms with Crippen LogP contribution in [0.25, 0.3) is 0 Å². The van der Waals surface area contributed by atoms with Crippen LogP contribution in [0.15, 0.2) is 17.2 Å². The SMILES string of the molecule is CCCCNCCCNC(=O)[C@H](C)NC(=O)[C@H](C)NC(=O)CCNC(=O)c1ccc(C#N)c(S(C)(=O)=O)n1. The van der Waals surface area contributed by atoms with Crippen LogP contribution < -0.4 is 26.6 Å². The fraction of sp³-hybridized carbons (Fsp3) is 0.583. The number of rotatable bonds is 16. The number of unbranched alkanes of at least 4 members (excludes halogenated alkanes) is 1. The summed E-state index contributed by atoms with van der Waals surface area (Å²) < 4.78 is 23.6. The lowest BCUT2D eigenvalue weighted by Crippen LogP contribution is -2.52. The molecule has 1 heterocycles. The first kappa shape index (κ1) is 32.5. The van der Waals surface area contributed by atoms with Crippen molar-refractivity contribution < 1.29 is 27.6 Å². The monoisotopic (exact) mass is 551 g/mol. The first-order valence-electron chi connectivity index (χ1n) is 12.4. The van der Waals surface area contributed by atoms with Crippen molar-refractivity contribution >= 4 is 33.5 Å². The molecule has 13 nitrogen and oxygen atoms in total. The van der Waals surface area contributed by atoms with Gasteiger partial charge in [0.05, 0.1) is 5.56 Å². The predicted molar refractivity (Wildman–Crippen MR) is 140 cm³/mol. The number of sulfone groups is 1. The van der Waals surface area contributed by atoms with Gasteiger partial charge in [0.15, 0.2) is 14.9 Å². The topological polar surface area (TPSA) is 199 Å². The van der Waals surface area contributed by atoms with E-state index >= 15 is 0 Å². The van der Waals surface area contributed by atoms with Crippen LogP contribution >= 0.6 is 0 Å². The molecule has 2 atom stereocenters. The molecule has 0 spiro atoms. The van der Waals surface area contributed by atoms with Gasteiger partial charge in [-0.2, -0.15) is 5.26 Å².